The summed E-state index contributed by atoms with van der Waals surface area (Å²) < 4.78 is 26.8. The molecule has 0 aliphatic heterocycles. The summed E-state index contributed by atoms with van der Waals surface area (Å²) in [5.41, 5.74) is 3.40. The molecular weight excluding hydrogens is 416 g/mol. The van der Waals surface area contributed by atoms with E-state index in [0.717, 1.165) is 23.3 Å². The van der Waals surface area contributed by atoms with Crippen molar-refractivity contribution in [2.75, 3.05) is 0 Å². The normalized spacial score (nSPS) is 11.3. The first-order chi connectivity index (χ1) is 15.0. The predicted molar refractivity (Wildman–Crippen MR) is 121 cm³/mol. The van der Waals surface area contributed by atoms with Crippen molar-refractivity contribution in [3.8, 4) is 0 Å². The number of nitrogens with zero attached hydrogens (tertiary/aromatic N) is 1. The van der Waals surface area contributed by atoms with Crippen molar-refractivity contribution in [1.82, 2.24) is 4.98 Å². The molecule has 4 rings (SSSR count). The monoisotopic (exact) mass is 433 g/mol. The number of ketones is 1. The maximum Gasteiger partial charge on any atom is 0.163 e. The molecule has 0 atom stereocenters. The van der Waals surface area contributed by atoms with E-state index in [4.69, 9.17) is 11.6 Å². The van der Waals surface area contributed by atoms with Crippen LogP contribution in [0, 0.1) is 11.6 Å². The van der Waals surface area contributed by atoms with E-state index in [1.165, 1.54) is 0 Å². The number of Topliss-reactive ketones (excluding diaryl/α,β-unsaturated/α-hetero) is 1. The number of aryl methyl sites for hydroxylation is 1. The second kappa shape index (κ2) is 9.19. The van der Waals surface area contributed by atoms with Crippen molar-refractivity contribution in [2.24, 2.45) is 0 Å². The second-order valence-corrected chi connectivity index (χ2v) is 7.58. The van der Waals surface area contributed by atoms with Crippen LogP contribution in [-0.4, -0.2) is 10.8 Å². The summed E-state index contributed by atoms with van der Waals surface area (Å²) in [6.45, 7) is 0. The fourth-order valence-electron chi connectivity index (χ4n) is 3.32. The van der Waals surface area contributed by atoms with Crippen LogP contribution in [0.4, 0.5) is 8.78 Å². The third-order valence-corrected chi connectivity index (χ3v) is 5.36. The van der Waals surface area contributed by atoms with E-state index >= 15 is 0 Å². The molecule has 0 saturated carbocycles. The van der Waals surface area contributed by atoms with Crippen molar-refractivity contribution >= 4 is 40.4 Å². The van der Waals surface area contributed by atoms with E-state index in [-0.39, 0.29) is 5.78 Å². The summed E-state index contributed by atoms with van der Waals surface area (Å²) in [6.07, 6.45) is 4.55. The molecule has 0 aliphatic rings. The van der Waals surface area contributed by atoms with Crippen molar-refractivity contribution < 1.29 is 13.6 Å². The van der Waals surface area contributed by atoms with Crippen LogP contribution in [0.2, 0.25) is 5.02 Å². The Morgan fingerprint density at radius 1 is 0.903 bits per heavy atom. The van der Waals surface area contributed by atoms with Gasteiger partial charge in [0.1, 0.15) is 0 Å². The minimum atomic E-state index is -0.927. The average Bonchev–Trinajstić information content (AvgIpc) is 2.78. The van der Waals surface area contributed by atoms with Gasteiger partial charge in [-0.05, 0) is 47.9 Å². The third kappa shape index (κ3) is 5.04. The first-order valence-electron chi connectivity index (χ1n) is 9.80. The van der Waals surface area contributed by atoms with Gasteiger partial charge in [-0.25, -0.2) is 13.8 Å². The van der Waals surface area contributed by atoms with Crippen LogP contribution in [0.3, 0.4) is 0 Å². The van der Waals surface area contributed by atoms with Gasteiger partial charge in [-0.3, -0.25) is 4.79 Å². The highest BCUT2D eigenvalue weighted by molar-refractivity contribution is 6.31. The van der Waals surface area contributed by atoms with Gasteiger partial charge >= 0.3 is 0 Å². The molecule has 154 valence electrons. The van der Waals surface area contributed by atoms with E-state index in [9.17, 15) is 13.6 Å². The maximum absolute atomic E-state index is 13.5. The van der Waals surface area contributed by atoms with Gasteiger partial charge in [-0.2, -0.15) is 0 Å². The van der Waals surface area contributed by atoms with Crippen LogP contribution in [0.15, 0.2) is 72.8 Å². The summed E-state index contributed by atoms with van der Waals surface area (Å²) in [5.74, 6) is -1.78. The summed E-state index contributed by atoms with van der Waals surface area (Å²) in [6, 6.07) is 20.5. The molecule has 31 heavy (non-hydrogen) atoms. The van der Waals surface area contributed by atoms with Gasteiger partial charge in [-0.15, -0.1) is 0 Å². The number of halogens is 3. The van der Waals surface area contributed by atoms with E-state index in [2.05, 4.69) is 4.98 Å². The number of carbonyl (C=O) groups is 1. The number of rotatable bonds is 6. The maximum atomic E-state index is 13.5. The zero-order valence-electron chi connectivity index (χ0n) is 16.5. The number of benzene rings is 3. The van der Waals surface area contributed by atoms with E-state index in [0.29, 0.717) is 40.0 Å². The van der Waals surface area contributed by atoms with Gasteiger partial charge in [-0.1, -0.05) is 60.1 Å². The summed E-state index contributed by atoms with van der Waals surface area (Å²) in [5, 5.41) is 1.19. The van der Waals surface area contributed by atoms with Crippen molar-refractivity contribution in [2.45, 2.75) is 12.8 Å². The molecule has 2 nitrogen and oxygen atoms in total. The molecule has 0 spiro atoms. The second-order valence-electron chi connectivity index (χ2n) is 7.17. The summed E-state index contributed by atoms with van der Waals surface area (Å²) in [4.78, 5) is 17.0. The molecular formula is C26H18ClF2NO. The standard InChI is InChI=1S/C26H18ClF2NO/c27-22-7-2-1-5-18(22)10-13-26(31)20-6-3-4-17(14-20)8-11-21-12-9-19-15-23(28)24(29)16-25(19)30-21/h1-9,11-12,14-16H,10,13H2. The molecule has 0 unspecified atom stereocenters. The summed E-state index contributed by atoms with van der Waals surface area (Å²) in [7, 11) is 0. The van der Waals surface area contributed by atoms with Crippen LogP contribution in [-0.2, 0) is 6.42 Å². The Bertz CT molecular complexity index is 1300. The molecule has 0 saturated heterocycles. The number of aromatic nitrogens is 1. The van der Waals surface area contributed by atoms with Gasteiger partial charge in [0, 0.05) is 28.5 Å². The van der Waals surface area contributed by atoms with Crippen molar-refractivity contribution in [3.63, 3.8) is 0 Å². The van der Waals surface area contributed by atoms with Crippen LogP contribution in [0.1, 0.15) is 33.6 Å². The number of carbonyl (C=O) groups excluding carboxylic acids is 1. The number of pyridine rings is 1. The zero-order chi connectivity index (χ0) is 21.8. The highest BCUT2D eigenvalue weighted by atomic mass is 35.5. The van der Waals surface area contributed by atoms with Crippen LogP contribution in [0.5, 0.6) is 0 Å². The first-order valence-corrected chi connectivity index (χ1v) is 10.2. The Balaban J connectivity index is 1.48. The SMILES string of the molecule is O=C(CCc1ccccc1Cl)c1cccc(C=Cc2ccc3cc(F)c(F)cc3n2)c1. The Labute approximate surface area is 183 Å². The highest BCUT2D eigenvalue weighted by Crippen LogP contribution is 2.20. The Kier molecular flexibility index (Phi) is 6.19. The average molecular weight is 434 g/mol. The van der Waals surface area contributed by atoms with E-state index in [1.807, 2.05) is 48.5 Å². The first kappa shape index (κ1) is 20.9. The molecule has 3 aromatic carbocycles. The zero-order valence-corrected chi connectivity index (χ0v) is 17.2. The largest absolute Gasteiger partial charge is 0.294 e. The minimum Gasteiger partial charge on any atom is -0.294 e. The van der Waals surface area contributed by atoms with Gasteiger partial charge in [0.05, 0.1) is 11.2 Å². The lowest BCUT2D eigenvalue weighted by Crippen LogP contribution is -2.01. The molecule has 5 heteroatoms. The third-order valence-electron chi connectivity index (χ3n) is 4.99. The lowest BCUT2D eigenvalue weighted by Gasteiger charge is -2.05. The molecule has 0 N–H and O–H groups in total. The fourth-order valence-corrected chi connectivity index (χ4v) is 3.55. The number of hydrogen-bond acceptors (Lipinski definition) is 2. The molecule has 1 aromatic heterocycles. The van der Waals surface area contributed by atoms with Gasteiger partial charge in [0.15, 0.2) is 17.4 Å². The topological polar surface area (TPSA) is 30.0 Å². The van der Waals surface area contributed by atoms with Crippen LogP contribution >= 0.6 is 11.6 Å². The van der Waals surface area contributed by atoms with Crippen LogP contribution in [0.25, 0.3) is 23.1 Å². The Morgan fingerprint density at radius 3 is 2.55 bits per heavy atom. The molecule has 0 amide bonds. The quantitative estimate of drug-likeness (QED) is 0.302. The lowest BCUT2D eigenvalue weighted by molar-refractivity contribution is 0.0983. The smallest absolute Gasteiger partial charge is 0.163 e. The molecule has 1 heterocycles. The van der Waals surface area contributed by atoms with E-state index in [1.54, 1.807) is 24.3 Å². The van der Waals surface area contributed by atoms with Gasteiger partial charge in [0.25, 0.3) is 0 Å². The van der Waals surface area contributed by atoms with Gasteiger partial charge < -0.3 is 0 Å². The van der Waals surface area contributed by atoms with Gasteiger partial charge in [0.2, 0.25) is 0 Å². The van der Waals surface area contributed by atoms with Crippen LogP contribution < -0.4 is 0 Å². The number of hydrogen-bond donors (Lipinski definition) is 0. The molecule has 0 radical (unpaired) electrons. The highest BCUT2D eigenvalue weighted by Gasteiger charge is 2.08. The number of fused-ring (bicyclic) bond motifs is 1. The van der Waals surface area contributed by atoms with Crippen molar-refractivity contribution in [3.05, 3.63) is 112 Å². The van der Waals surface area contributed by atoms with Crippen molar-refractivity contribution in [1.29, 1.82) is 0 Å². The Morgan fingerprint density at radius 2 is 1.71 bits per heavy atom. The fraction of sp³-hybridized carbons (Fsp3) is 0.0769. The lowest BCUT2D eigenvalue weighted by atomic mass is 10.0. The molecule has 0 aliphatic carbocycles. The van der Waals surface area contributed by atoms with E-state index < -0.39 is 11.6 Å². The Hall–Kier alpha value is -3.37. The molecule has 0 bridgehead atoms. The minimum absolute atomic E-state index is 0.0384. The predicted octanol–water partition coefficient (Wildman–Crippen LogP) is 7.15. The molecule has 0 fully saturated rings. The molecule has 4 aromatic rings. The summed E-state index contributed by atoms with van der Waals surface area (Å²) >= 11 is 6.17.